The Morgan fingerprint density at radius 1 is 1.00 bits per heavy atom. The van der Waals surface area contributed by atoms with Gasteiger partial charge in [-0.1, -0.05) is 0 Å². The molecule has 0 atom stereocenters. The zero-order valence-electron chi connectivity index (χ0n) is 17.7. The standard InChI is InChI=1S/C23H25N5O3/c1-16-20(26-22(31-16)18-5-3-17(4-6-18)21(29)24-2)15-27-11-13-28(14-12-27)23(30)19-7-9-25-10-8-19/h3-10H,11-15H2,1-2H3,(H,24,29). The number of nitrogens with one attached hydrogen (secondary N) is 1. The summed E-state index contributed by atoms with van der Waals surface area (Å²) in [4.78, 5) is 37.1. The highest BCUT2D eigenvalue weighted by Gasteiger charge is 2.23. The first-order valence-corrected chi connectivity index (χ1v) is 10.3. The molecule has 3 heterocycles. The van der Waals surface area contributed by atoms with Crippen molar-refractivity contribution < 1.29 is 14.0 Å². The molecule has 0 saturated carbocycles. The van der Waals surface area contributed by atoms with Crippen LogP contribution in [-0.2, 0) is 6.54 Å². The maximum atomic E-state index is 12.6. The van der Waals surface area contributed by atoms with Gasteiger partial charge in [-0.2, -0.15) is 0 Å². The van der Waals surface area contributed by atoms with Crippen LogP contribution in [0.2, 0.25) is 0 Å². The molecule has 0 bridgehead atoms. The maximum absolute atomic E-state index is 12.6. The van der Waals surface area contributed by atoms with Gasteiger partial charge in [0.15, 0.2) is 0 Å². The fourth-order valence-corrected chi connectivity index (χ4v) is 3.60. The molecule has 0 radical (unpaired) electrons. The molecule has 0 spiro atoms. The normalized spacial score (nSPS) is 14.5. The van der Waals surface area contributed by atoms with E-state index in [1.54, 1.807) is 43.7 Å². The van der Waals surface area contributed by atoms with Crippen molar-refractivity contribution in [1.82, 2.24) is 25.1 Å². The van der Waals surface area contributed by atoms with Crippen molar-refractivity contribution in [2.75, 3.05) is 33.2 Å². The molecule has 1 aromatic carbocycles. The monoisotopic (exact) mass is 419 g/mol. The van der Waals surface area contributed by atoms with Gasteiger partial charge >= 0.3 is 0 Å². The molecule has 160 valence electrons. The molecule has 3 aromatic rings. The van der Waals surface area contributed by atoms with Crippen LogP contribution in [0.15, 0.2) is 53.2 Å². The van der Waals surface area contributed by atoms with E-state index in [1.807, 2.05) is 24.0 Å². The molecular formula is C23H25N5O3. The van der Waals surface area contributed by atoms with Gasteiger partial charge in [-0.3, -0.25) is 19.5 Å². The van der Waals surface area contributed by atoms with Gasteiger partial charge in [0.05, 0.1) is 5.69 Å². The summed E-state index contributed by atoms with van der Waals surface area (Å²) < 4.78 is 5.88. The summed E-state index contributed by atoms with van der Waals surface area (Å²) in [5.41, 5.74) is 2.98. The topological polar surface area (TPSA) is 91.6 Å². The van der Waals surface area contributed by atoms with E-state index in [9.17, 15) is 9.59 Å². The Hall–Kier alpha value is -3.52. The van der Waals surface area contributed by atoms with Crippen LogP contribution in [0.1, 0.15) is 32.2 Å². The minimum Gasteiger partial charge on any atom is -0.441 e. The molecule has 1 aliphatic heterocycles. The SMILES string of the molecule is CNC(=O)c1ccc(-c2nc(CN3CCN(C(=O)c4ccncc4)CC3)c(C)o2)cc1. The first kappa shape index (κ1) is 20.7. The number of piperazine rings is 1. The number of hydrogen-bond acceptors (Lipinski definition) is 6. The fraction of sp³-hybridized carbons (Fsp3) is 0.304. The van der Waals surface area contributed by atoms with Crippen LogP contribution in [-0.4, -0.2) is 64.8 Å². The van der Waals surface area contributed by atoms with Crippen LogP contribution in [0.3, 0.4) is 0 Å². The molecule has 31 heavy (non-hydrogen) atoms. The number of carbonyl (C=O) groups excluding carboxylic acids is 2. The minimum absolute atomic E-state index is 0.0437. The van der Waals surface area contributed by atoms with Gasteiger partial charge in [0.25, 0.3) is 11.8 Å². The number of pyridine rings is 1. The van der Waals surface area contributed by atoms with Crippen LogP contribution >= 0.6 is 0 Å². The second-order valence-corrected chi connectivity index (χ2v) is 7.48. The van der Waals surface area contributed by atoms with Crippen LogP contribution in [0.5, 0.6) is 0 Å². The van der Waals surface area contributed by atoms with Crippen molar-refractivity contribution >= 4 is 11.8 Å². The van der Waals surface area contributed by atoms with Gasteiger partial charge in [0, 0.05) is 68.9 Å². The van der Waals surface area contributed by atoms with E-state index in [0.29, 0.717) is 36.7 Å². The van der Waals surface area contributed by atoms with Gasteiger partial charge in [-0.05, 0) is 43.3 Å². The molecule has 2 aromatic heterocycles. The Labute approximate surface area is 180 Å². The van der Waals surface area contributed by atoms with Crippen molar-refractivity contribution in [1.29, 1.82) is 0 Å². The summed E-state index contributed by atoms with van der Waals surface area (Å²) in [7, 11) is 1.61. The fourth-order valence-electron chi connectivity index (χ4n) is 3.60. The summed E-state index contributed by atoms with van der Waals surface area (Å²) in [6.45, 7) is 5.48. The summed E-state index contributed by atoms with van der Waals surface area (Å²) in [5.74, 6) is 1.24. The third-order valence-electron chi connectivity index (χ3n) is 5.47. The molecular weight excluding hydrogens is 394 g/mol. The van der Waals surface area contributed by atoms with Crippen molar-refractivity contribution in [3.05, 3.63) is 71.4 Å². The molecule has 2 amide bonds. The molecule has 1 fully saturated rings. The molecule has 0 aliphatic carbocycles. The van der Waals surface area contributed by atoms with Crippen molar-refractivity contribution in [3.8, 4) is 11.5 Å². The van der Waals surface area contributed by atoms with E-state index in [-0.39, 0.29) is 11.8 Å². The quantitative estimate of drug-likeness (QED) is 0.683. The van der Waals surface area contributed by atoms with E-state index in [4.69, 9.17) is 4.42 Å². The molecule has 8 nitrogen and oxygen atoms in total. The van der Waals surface area contributed by atoms with Gasteiger partial charge in [-0.15, -0.1) is 0 Å². The van der Waals surface area contributed by atoms with Crippen LogP contribution in [0.4, 0.5) is 0 Å². The summed E-state index contributed by atoms with van der Waals surface area (Å²) in [5, 5.41) is 2.61. The predicted molar refractivity (Wildman–Crippen MR) is 115 cm³/mol. The zero-order chi connectivity index (χ0) is 21.8. The smallest absolute Gasteiger partial charge is 0.254 e. The van der Waals surface area contributed by atoms with Gasteiger partial charge in [-0.25, -0.2) is 4.98 Å². The van der Waals surface area contributed by atoms with E-state index >= 15 is 0 Å². The molecule has 8 heteroatoms. The Balaban J connectivity index is 1.37. The number of nitrogens with zero attached hydrogens (tertiary/aromatic N) is 4. The first-order valence-electron chi connectivity index (χ1n) is 10.3. The molecule has 1 N–H and O–H groups in total. The third kappa shape index (κ3) is 4.64. The zero-order valence-corrected chi connectivity index (χ0v) is 17.7. The highest BCUT2D eigenvalue weighted by Crippen LogP contribution is 2.23. The molecule has 1 saturated heterocycles. The molecule has 4 rings (SSSR count). The van der Waals surface area contributed by atoms with E-state index < -0.39 is 0 Å². The number of hydrogen-bond donors (Lipinski definition) is 1. The molecule has 1 aliphatic rings. The number of carbonyl (C=O) groups is 2. The lowest BCUT2D eigenvalue weighted by Gasteiger charge is -2.34. The maximum Gasteiger partial charge on any atom is 0.254 e. The number of aromatic nitrogens is 2. The summed E-state index contributed by atoms with van der Waals surface area (Å²) in [6, 6.07) is 10.7. The predicted octanol–water partition coefficient (Wildman–Crippen LogP) is 2.36. The van der Waals surface area contributed by atoms with Crippen LogP contribution in [0.25, 0.3) is 11.5 Å². The second-order valence-electron chi connectivity index (χ2n) is 7.48. The Morgan fingerprint density at radius 3 is 2.32 bits per heavy atom. The van der Waals surface area contributed by atoms with Gasteiger partial charge in [0.2, 0.25) is 5.89 Å². The van der Waals surface area contributed by atoms with Crippen molar-refractivity contribution in [3.63, 3.8) is 0 Å². The largest absolute Gasteiger partial charge is 0.441 e. The average Bonchev–Trinajstić information content (AvgIpc) is 3.19. The van der Waals surface area contributed by atoms with Gasteiger partial charge in [0.1, 0.15) is 5.76 Å². The Bertz CT molecular complexity index is 1050. The minimum atomic E-state index is -0.127. The van der Waals surface area contributed by atoms with Crippen molar-refractivity contribution in [2.45, 2.75) is 13.5 Å². The highest BCUT2D eigenvalue weighted by molar-refractivity contribution is 5.94. The van der Waals surface area contributed by atoms with E-state index in [1.165, 1.54) is 0 Å². The number of rotatable bonds is 5. The lowest BCUT2D eigenvalue weighted by molar-refractivity contribution is 0.0626. The Kier molecular flexibility index (Phi) is 6.08. The number of benzene rings is 1. The second kappa shape index (κ2) is 9.09. The molecule has 0 unspecified atom stereocenters. The van der Waals surface area contributed by atoms with Crippen LogP contribution in [0, 0.1) is 6.92 Å². The first-order chi connectivity index (χ1) is 15.0. The Morgan fingerprint density at radius 2 is 1.68 bits per heavy atom. The lowest BCUT2D eigenvalue weighted by Crippen LogP contribution is -2.48. The number of aryl methyl sites for hydroxylation is 1. The average molecular weight is 419 g/mol. The lowest BCUT2D eigenvalue weighted by atomic mass is 10.1. The van der Waals surface area contributed by atoms with Crippen molar-refractivity contribution in [2.24, 2.45) is 0 Å². The number of amides is 2. The third-order valence-corrected chi connectivity index (χ3v) is 5.47. The van der Waals surface area contributed by atoms with E-state index in [0.717, 1.165) is 30.1 Å². The highest BCUT2D eigenvalue weighted by atomic mass is 16.4. The number of oxazole rings is 1. The van der Waals surface area contributed by atoms with Gasteiger partial charge < -0.3 is 14.6 Å². The van der Waals surface area contributed by atoms with Crippen LogP contribution < -0.4 is 5.32 Å². The van der Waals surface area contributed by atoms with E-state index in [2.05, 4.69) is 20.2 Å². The summed E-state index contributed by atoms with van der Waals surface area (Å²) >= 11 is 0. The summed E-state index contributed by atoms with van der Waals surface area (Å²) in [6.07, 6.45) is 3.28.